The zero-order valence-electron chi connectivity index (χ0n) is 33.7. The molecule has 0 aliphatic heterocycles. The molecule has 4 aliphatic rings. The molecule has 56 heavy (non-hydrogen) atoms. The lowest BCUT2D eigenvalue weighted by atomic mass is 9.43. The van der Waals surface area contributed by atoms with Crippen LogP contribution in [0.3, 0.4) is 0 Å². The van der Waals surface area contributed by atoms with Crippen molar-refractivity contribution >= 4 is 23.8 Å². The Kier molecular flexibility index (Phi) is 17.3. The number of carboxylic acid groups (broad SMARTS) is 2. The fourth-order valence-electron chi connectivity index (χ4n) is 11.7. The minimum atomic E-state index is -1.06. The van der Waals surface area contributed by atoms with Gasteiger partial charge in [-0.2, -0.15) is 0 Å². The Hall–Kier alpha value is -2.44. The smallest absolute Gasteiger partial charge is 0.317 e. The van der Waals surface area contributed by atoms with Gasteiger partial charge in [0.1, 0.15) is 0 Å². The molecule has 4 rings (SSSR count). The van der Waals surface area contributed by atoms with Crippen LogP contribution < -0.4 is 10.6 Å². The quantitative estimate of drug-likeness (QED) is 0.0311. The van der Waals surface area contributed by atoms with Crippen molar-refractivity contribution in [3.63, 3.8) is 0 Å². The average molecular weight is 799 g/mol. The highest BCUT2D eigenvalue weighted by Crippen LogP contribution is 2.68. The highest BCUT2D eigenvalue weighted by Gasteiger charge is 2.65. The predicted octanol–water partition coefficient (Wildman–Crippen LogP) is 2.09. The maximum atomic E-state index is 13.0. The van der Waals surface area contributed by atoms with Crippen LogP contribution in [-0.2, 0) is 24.1 Å². The lowest BCUT2D eigenvalue weighted by Gasteiger charge is -2.63. The molecule has 16 heteroatoms. The van der Waals surface area contributed by atoms with Gasteiger partial charge < -0.3 is 41.3 Å². The second kappa shape index (κ2) is 21.0. The van der Waals surface area contributed by atoms with Gasteiger partial charge in [-0.1, -0.05) is 27.2 Å². The zero-order valence-corrected chi connectivity index (χ0v) is 33.7. The Morgan fingerprint density at radius 3 is 2.23 bits per heavy atom. The van der Waals surface area contributed by atoms with Gasteiger partial charge >= 0.3 is 11.9 Å². The van der Waals surface area contributed by atoms with E-state index in [1.165, 1.54) is 4.90 Å². The van der Waals surface area contributed by atoms with Crippen molar-refractivity contribution in [3.05, 3.63) is 0 Å². The third kappa shape index (κ3) is 11.2. The zero-order chi connectivity index (χ0) is 41.2. The molecule has 2 amide bonds. The number of hydrogen-bond donors (Lipinski definition) is 9. The number of nitrogens with zero attached hydrogens (tertiary/aromatic N) is 2. The second-order valence-electron chi connectivity index (χ2n) is 17.9. The summed E-state index contributed by atoms with van der Waals surface area (Å²) in [6.45, 7) is 6.19. The van der Waals surface area contributed by atoms with Crippen LogP contribution in [0.4, 0.5) is 0 Å². The van der Waals surface area contributed by atoms with Crippen molar-refractivity contribution < 1.29 is 60.0 Å². The first-order chi connectivity index (χ1) is 26.6. The van der Waals surface area contributed by atoms with Gasteiger partial charge in [0.2, 0.25) is 11.8 Å². The van der Waals surface area contributed by atoms with Crippen molar-refractivity contribution in [1.82, 2.24) is 20.4 Å². The summed E-state index contributed by atoms with van der Waals surface area (Å²) in [5.74, 6) is -1.25. The van der Waals surface area contributed by atoms with E-state index >= 15 is 0 Å². The van der Waals surface area contributed by atoms with Gasteiger partial charge in [0.25, 0.3) is 0 Å². The Morgan fingerprint density at radius 2 is 1.57 bits per heavy atom. The molecule has 0 radical (unpaired) electrons. The van der Waals surface area contributed by atoms with E-state index in [1.807, 2.05) is 0 Å². The lowest BCUT2D eigenvalue weighted by Crippen LogP contribution is -2.63. The highest BCUT2D eigenvalue weighted by atomic mass is 17.1. The minimum absolute atomic E-state index is 0.0374. The van der Waals surface area contributed by atoms with Crippen molar-refractivity contribution in [2.24, 2.45) is 46.3 Å². The Labute approximate surface area is 331 Å². The number of amides is 2. The van der Waals surface area contributed by atoms with E-state index in [2.05, 4.69) is 36.3 Å². The van der Waals surface area contributed by atoms with Gasteiger partial charge in [0.05, 0.1) is 38.8 Å². The summed E-state index contributed by atoms with van der Waals surface area (Å²) in [6.07, 6.45) is 7.04. The van der Waals surface area contributed by atoms with Gasteiger partial charge in [-0.3, -0.25) is 34.2 Å². The van der Waals surface area contributed by atoms with Gasteiger partial charge in [-0.05, 0) is 111 Å². The predicted molar refractivity (Wildman–Crippen MR) is 205 cm³/mol. The Bertz CT molecular complexity index is 1310. The fraction of sp³-hybridized carbons (Fsp3) is 0.900. The average Bonchev–Trinajstić information content (AvgIpc) is 3.51. The number of aliphatic hydroxyl groups excluding tert-OH is 4. The number of rotatable bonds is 23. The van der Waals surface area contributed by atoms with Crippen LogP contribution in [0.1, 0.15) is 111 Å². The summed E-state index contributed by atoms with van der Waals surface area (Å²) in [4.78, 5) is 55.6. The number of carbonyl (C=O) groups excluding carboxylic acids is 2. The third-order valence-electron chi connectivity index (χ3n) is 14.8. The number of carbonyl (C=O) groups is 4. The summed E-state index contributed by atoms with van der Waals surface area (Å²) in [5.41, 5.74) is -0.419. The maximum Gasteiger partial charge on any atom is 0.317 e. The molecule has 4 fully saturated rings. The van der Waals surface area contributed by atoms with Crippen LogP contribution >= 0.6 is 0 Å². The number of hydrogen-bond acceptors (Lipinski definition) is 12. The summed E-state index contributed by atoms with van der Waals surface area (Å²) in [5, 5.41) is 75.9. The van der Waals surface area contributed by atoms with Gasteiger partial charge in [-0.15, -0.1) is 0 Å². The van der Waals surface area contributed by atoms with Crippen LogP contribution in [0.25, 0.3) is 0 Å². The van der Waals surface area contributed by atoms with E-state index < -0.39 is 30.2 Å². The molecule has 9 N–H and O–H groups in total. The maximum absolute atomic E-state index is 13.0. The number of carboxylic acids is 2. The molecule has 16 nitrogen and oxygen atoms in total. The summed E-state index contributed by atoms with van der Waals surface area (Å²) in [7, 11) is 0. The molecule has 322 valence electrons. The van der Waals surface area contributed by atoms with E-state index in [-0.39, 0.29) is 123 Å². The molecule has 0 spiro atoms. The largest absolute Gasteiger partial charge is 0.481 e. The van der Waals surface area contributed by atoms with E-state index in [9.17, 15) is 49.8 Å². The number of fused-ring (bicyclic) bond motifs is 5. The molecule has 12 atom stereocenters. The molecule has 0 saturated heterocycles. The van der Waals surface area contributed by atoms with Gasteiger partial charge in [-0.25, -0.2) is 4.89 Å². The van der Waals surface area contributed by atoms with Crippen molar-refractivity contribution in [1.29, 1.82) is 0 Å². The first kappa shape index (κ1) is 46.3. The van der Waals surface area contributed by atoms with Crippen LogP contribution in [0.2, 0.25) is 0 Å². The first-order valence-corrected chi connectivity index (χ1v) is 20.9. The molecule has 4 aliphatic carbocycles. The highest BCUT2D eigenvalue weighted by molar-refractivity contribution is 5.83. The number of aliphatic carboxylic acids is 2. The minimum Gasteiger partial charge on any atom is -0.481 e. The van der Waals surface area contributed by atoms with E-state index in [1.54, 1.807) is 4.90 Å². The normalized spacial score (nSPS) is 33.6. The summed E-state index contributed by atoms with van der Waals surface area (Å²) < 4.78 is 0. The molecule has 4 saturated carbocycles. The van der Waals surface area contributed by atoms with Gasteiger partial charge in [0, 0.05) is 51.0 Å². The van der Waals surface area contributed by atoms with E-state index in [0.29, 0.717) is 45.1 Å². The van der Waals surface area contributed by atoms with Crippen molar-refractivity contribution in [3.8, 4) is 0 Å². The summed E-state index contributed by atoms with van der Waals surface area (Å²) >= 11 is 0. The summed E-state index contributed by atoms with van der Waals surface area (Å²) in [6, 6.07) is -0.494. The Balaban J connectivity index is 1.20. The second-order valence-corrected chi connectivity index (χ2v) is 17.9. The molecular formula is C40H70N4O12. The third-order valence-corrected chi connectivity index (χ3v) is 14.8. The molecule has 0 bridgehead atoms. The molecule has 0 aromatic heterocycles. The Morgan fingerprint density at radius 1 is 0.857 bits per heavy atom. The molecule has 0 aromatic rings. The topological polar surface area (TPSA) is 250 Å². The molecule has 0 aromatic carbocycles. The van der Waals surface area contributed by atoms with Crippen LogP contribution in [-0.4, -0.2) is 140 Å². The standard InChI is InChI=1S/C40H70N4O12/c1-25(7-12-36(51)52)29-8-9-30-38-31(20-33(48)40(29,30)3)39(2)14-13-27(18-26(39)19-32(38)47)42-35(50)11-10-34(49)41-15-5-4-6-28(22-56-55)44(21-37(53)54)17-16-43(23-45)24-46/h25-33,38,45-48,55H,4-24H2,1-3H3,(H,41,49)(H,42,50)(H,51,52)(H,53,54). The van der Waals surface area contributed by atoms with E-state index in [4.69, 9.17) is 5.26 Å². The molecule has 12 unspecified atom stereocenters. The van der Waals surface area contributed by atoms with Crippen molar-refractivity contribution in [2.45, 2.75) is 135 Å². The van der Waals surface area contributed by atoms with Crippen LogP contribution in [0, 0.1) is 46.3 Å². The number of nitrogens with one attached hydrogen (secondary N) is 2. The fourth-order valence-corrected chi connectivity index (χ4v) is 11.7. The molecule has 0 heterocycles. The monoisotopic (exact) mass is 798 g/mol. The van der Waals surface area contributed by atoms with Crippen LogP contribution in [0.15, 0.2) is 0 Å². The lowest BCUT2D eigenvalue weighted by molar-refractivity contribution is -0.252. The number of aliphatic hydroxyl groups is 4. The number of unbranched alkanes of at least 4 members (excludes halogenated alkanes) is 1. The van der Waals surface area contributed by atoms with Gasteiger partial charge in [0.15, 0.2) is 0 Å². The van der Waals surface area contributed by atoms with Crippen molar-refractivity contribution in [2.75, 3.05) is 46.2 Å². The first-order valence-electron chi connectivity index (χ1n) is 20.9. The molecular weight excluding hydrogens is 728 g/mol. The van der Waals surface area contributed by atoms with E-state index in [0.717, 1.165) is 32.1 Å². The SMILES string of the molecule is CC(CCC(=O)O)C1CCC2C3C(O)CC4CC(NC(=O)CCC(=O)NCCCCC(COO)N(CCN(CO)CO)CC(=O)O)CCC4(C)C3CC(O)C12C. The van der Waals surface area contributed by atoms with Crippen LogP contribution in [0.5, 0.6) is 0 Å².